The van der Waals surface area contributed by atoms with Crippen molar-refractivity contribution >= 4 is 27.9 Å². The van der Waals surface area contributed by atoms with Gasteiger partial charge in [-0.15, -0.1) is 11.3 Å². The summed E-state index contributed by atoms with van der Waals surface area (Å²) in [4.78, 5) is 5.62. The molecule has 2 aromatic heterocycles. The Hall–Kier alpha value is -1.85. The van der Waals surface area contributed by atoms with Crippen LogP contribution in [0.15, 0.2) is 28.8 Å². The number of hydrogen-bond acceptors (Lipinski definition) is 5. The third kappa shape index (κ3) is 2.80. The summed E-state index contributed by atoms with van der Waals surface area (Å²) < 4.78 is 5.36. The van der Waals surface area contributed by atoms with Gasteiger partial charge < -0.3 is 10.3 Å². The predicted molar refractivity (Wildman–Crippen MR) is 85.8 cm³/mol. The van der Waals surface area contributed by atoms with Gasteiger partial charge in [-0.1, -0.05) is 28.9 Å². The molecule has 3 rings (SSSR count). The number of aryl methyl sites for hydroxylation is 1. The highest BCUT2D eigenvalue weighted by atomic mass is 35.5. The van der Waals surface area contributed by atoms with Gasteiger partial charge in [0.1, 0.15) is 0 Å². The topological polar surface area (TPSA) is 64.9 Å². The summed E-state index contributed by atoms with van der Waals surface area (Å²) in [6, 6.07) is 7.60. The molecule has 21 heavy (non-hydrogen) atoms. The summed E-state index contributed by atoms with van der Waals surface area (Å²) in [5.41, 5.74) is 9.06. The van der Waals surface area contributed by atoms with Crippen LogP contribution in [0, 0.1) is 13.8 Å². The van der Waals surface area contributed by atoms with Crippen LogP contribution in [0.1, 0.15) is 21.8 Å². The van der Waals surface area contributed by atoms with Crippen molar-refractivity contribution in [3.63, 3.8) is 0 Å². The Kier molecular flexibility index (Phi) is 3.69. The zero-order valence-corrected chi connectivity index (χ0v) is 13.3. The van der Waals surface area contributed by atoms with Crippen molar-refractivity contribution in [2.24, 2.45) is 0 Å². The summed E-state index contributed by atoms with van der Waals surface area (Å²) >= 11 is 7.41. The molecule has 0 saturated heterocycles. The molecule has 4 nitrogen and oxygen atoms in total. The zero-order valence-electron chi connectivity index (χ0n) is 11.7. The van der Waals surface area contributed by atoms with Gasteiger partial charge in [0.25, 0.3) is 5.89 Å². The number of nitrogens with zero attached hydrogens (tertiary/aromatic N) is 2. The second-order valence-electron chi connectivity index (χ2n) is 4.84. The van der Waals surface area contributed by atoms with Gasteiger partial charge in [-0.05, 0) is 37.1 Å². The molecule has 0 aliphatic heterocycles. The maximum absolute atomic E-state index is 6.03. The van der Waals surface area contributed by atoms with Gasteiger partial charge in [-0.3, -0.25) is 0 Å². The molecule has 6 heteroatoms. The van der Waals surface area contributed by atoms with E-state index in [1.54, 1.807) is 11.3 Å². The first-order chi connectivity index (χ1) is 10.0. The van der Waals surface area contributed by atoms with E-state index in [1.807, 2.05) is 38.1 Å². The number of hydrogen-bond donors (Lipinski definition) is 1. The van der Waals surface area contributed by atoms with Crippen molar-refractivity contribution in [3.8, 4) is 11.5 Å². The van der Waals surface area contributed by atoms with Crippen LogP contribution in [0.25, 0.3) is 11.5 Å². The van der Waals surface area contributed by atoms with Crippen molar-refractivity contribution < 1.29 is 4.52 Å². The van der Waals surface area contributed by atoms with Crippen molar-refractivity contribution in [3.05, 3.63) is 51.1 Å². The molecule has 0 saturated carbocycles. The lowest BCUT2D eigenvalue weighted by Gasteiger charge is -1.96. The maximum atomic E-state index is 6.03. The molecule has 1 aromatic carbocycles. The Morgan fingerprint density at radius 1 is 1.24 bits per heavy atom. The number of nitrogens with two attached hydrogens (primary N) is 1. The molecule has 0 bridgehead atoms. The number of halogens is 1. The number of benzene rings is 1. The van der Waals surface area contributed by atoms with Crippen LogP contribution in [0.4, 0.5) is 5.00 Å². The van der Waals surface area contributed by atoms with E-state index in [0.717, 1.165) is 16.7 Å². The van der Waals surface area contributed by atoms with Crippen molar-refractivity contribution in [1.29, 1.82) is 0 Å². The number of anilines is 1. The van der Waals surface area contributed by atoms with Gasteiger partial charge in [0.05, 0.1) is 10.6 Å². The summed E-state index contributed by atoms with van der Waals surface area (Å²) in [5, 5.41) is 5.46. The minimum Gasteiger partial charge on any atom is -0.390 e. The fourth-order valence-corrected chi connectivity index (χ4v) is 3.18. The van der Waals surface area contributed by atoms with E-state index in [9.17, 15) is 0 Å². The number of thiophene rings is 1. The fraction of sp³-hybridized carbons (Fsp3) is 0.200. The molecule has 0 unspecified atom stereocenters. The maximum Gasteiger partial charge on any atom is 0.261 e. The molecule has 0 aliphatic carbocycles. The highest BCUT2D eigenvalue weighted by Crippen LogP contribution is 2.37. The van der Waals surface area contributed by atoms with Crippen molar-refractivity contribution in [2.45, 2.75) is 20.3 Å². The lowest BCUT2D eigenvalue weighted by molar-refractivity contribution is 0.424. The monoisotopic (exact) mass is 319 g/mol. The fourth-order valence-electron chi connectivity index (χ4n) is 2.13. The SMILES string of the molecule is Cc1sc(N)c(-c2nc(Cc3ccc(Cl)cc3)no2)c1C. The van der Waals surface area contributed by atoms with Crippen LogP contribution in [-0.4, -0.2) is 10.1 Å². The first-order valence-corrected chi connectivity index (χ1v) is 7.67. The Balaban J connectivity index is 1.88. The smallest absolute Gasteiger partial charge is 0.261 e. The highest BCUT2D eigenvalue weighted by Gasteiger charge is 2.18. The van der Waals surface area contributed by atoms with E-state index >= 15 is 0 Å². The third-order valence-electron chi connectivity index (χ3n) is 3.37. The van der Waals surface area contributed by atoms with Gasteiger partial charge in [0, 0.05) is 16.3 Å². The third-order valence-corrected chi connectivity index (χ3v) is 4.66. The predicted octanol–water partition coefficient (Wildman–Crippen LogP) is 4.24. The Morgan fingerprint density at radius 2 is 1.95 bits per heavy atom. The van der Waals surface area contributed by atoms with E-state index in [-0.39, 0.29) is 0 Å². The molecule has 0 aliphatic rings. The molecule has 0 spiro atoms. The normalized spacial score (nSPS) is 11.0. The van der Waals surface area contributed by atoms with E-state index in [2.05, 4.69) is 10.1 Å². The van der Waals surface area contributed by atoms with Crippen LogP contribution < -0.4 is 5.73 Å². The molecule has 108 valence electrons. The Bertz CT molecular complexity index is 777. The van der Waals surface area contributed by atoms with Crippen molar-refractivity contribution in [1.82, 2.24) is 10.1 Å². The van der Waals surface area contributed by atoms with Gasteiger partial charge in [-0.25, -0.2) is 0 Å². The first kappa shape index (κ1) is 14.1. The summed E-state index contributed by atoms with van der Waals surface area (Å²) in [6.45, 7) is 4.05. The molecular weight excluding hydrogens is 306 g/mol. The van der Waals surface area contributed by atoms with E-state index < -0.39 is 0 Å². The molecule has 2 N–H and O–H groups in total. The summed E-state index contributed by atoms with van der Waals surface area (Å²) in [5.74, 6) is 1.12. The molecule has 0 radical (unpaired) electrons. The number of aromatic nitrogens is 2. The van der Waals surface area contributed by atoms with Gasteiger partial charge >= 0.3 is 0 Å². The Morgan fingerprint density at radius 3 is 2.57 bits per heavy atom. The molecule has 0 amide bonds. The summed E-state index contributed by atoms with van der Waals surface area (Å²) in [6.07, 6.45) is 0.600. The molecular formula is C15H14ClN3OS. The van der Waals surface area contributed by atoms with E-state index in [0.29, 0.717) is 28.2 Å². The quantitative estimate of drug-likeness (QED) is 0.784. The number of nitrogen functional groups attached to an aromatic ring is 1. The molecule has 3 aromatic rings. The second-order valence-corrected chi connectivity index (χ2v) is 6.53. The molecule has 2 heterocycles. The number of rotatable bonds is 3. The van der Waals surface area contributed by atoms with E-state index in [1.165, 1.54) is 4.88 Å². The van der Waals surface area contributed by atoms with Crippen molar-refractivity contribution in [2.75, 3.05) is 5.73 Å². The minimum absolute atomic E-state index is 0.485. The van der Waals surface area contributed by atoms with Crippen LogP contribution in [0.3, 0.4) is 0 Å². The van der Waals surface area contributed by atoms with Crippen LogP contribution in [0.2, 0.25) is 5.02 Å². The van der Waals surface area contributed by atoms with Crippen LogP contribution in [0.5, 0.6) is 0 Å². The Labute approximate surface area is 131 Å². The lowest BCUT2D eigenvalue weighted by Crippen LogP contribution is -1.91. The lowest BCUT2D eigenvalue weighted by atomic mass is 10.1. The van der Waals surface area contributed by atoms with Gasteiger partial charge in [0.15, 0.2) is 5.82 Å². The van der Waals surface area contributed by atoms with Gasteiger partial charge in [-0.2, -0.15) is 4.98 Å². The molecule has 0 atom stereocenters. The zero-order chi connectivity index (χ0) is 15.0. The van der Waals surface area contributed by atoms with Gasteiger partial charge in [0.2, 0.25) is 0 Å². The van der Waals surface area contributed by atoms with Crippen LogP contribution in [-0.2, 0) is 6.42 Å². The first-order valence-electron chi connectivity index (χ1n) is 6.47. The highest BCUT2D eigenvalue weighted by molar-refractivity contribution is 7.16. The minimum atomic E-state index is 0.485. The van der Waals surface area contributed by atoms with Crippen LogP contribution >= 0.6 is 22.9 Å². The summed E-state index contributed by atoms with van der Waals surface area (Å²) in [7, 11) is 0. The second kappa shape index (κ2) is 5.50. The van der Waals surface area contributed by atoms with E-state index in [4.69, 9.17) is 21.9 Å². The average Bonchev–Trinajstić information content (AvgIpc) is 2.98. The standard InChI is InChI=1S/C15H14ClN3OS/c1-8-9(2)21-14(17)13(8)15-18-12(19-20-15)7-10-3-5-11(16)6-4-10/h3-6H,7,17H2,1-2H3. The largest absolute Gasteiger partial charge is 0.390 e. The molecule has 0 fully saturated rings. The average molecular weight is 320 g/mol.